The topological polar surface area (TPSA) is 271 Å². The van der Waals surface area contributed by atoms with Gasteiger partial charge in [0.2, 0.25) is 0 Å². The molecule has 27 heteroatoms. The maximum atomic E-state index is 12.7. The van der Waals surface area contributed by atoms with Crippen LogP contribution >= 0.6 is 0 Å². The first-order chi connectivity index (χ1) is 72.8. The summed E-state index contributed by atoms with van der Waals surface area (Å²) >= 11 is 0. The first kappa shape index (κ1) is 100. The highest BCUT2D eigenvalue weighted by Crippen LogP contribution is 2.53. The first-order valence-electron chi connectivity index (χ1n) is 49.8. The molecule has 0 bridgehead atoms. The fourth-order valence-electron chi connectivity index (χ4n) is 19.0. The lowest BCUT2D eigenvalue weighted by atomic mass is 9.99. The third kappa shape index (κ3) is 21.3. The molecule has 0 atom stereocenters. The number of fused-ring (bicyclic) bond motifs is 12. The standard InChI is InChI=1S/C22H23N3.C21H21N3O.C21H19N3O.C20H17N3O3.C20H19N3O.C19H17N5O/c1-15-11-18-8-6-9-19-12-16(2)14-24-22(19)25(21(18)23-13-15)20-10-5-4-7-17(20)3;2*1-14-10-16-8-9-17-11-15(2)13-23-21(17)24(20(16)22-12-14)18-6-4-5-7-19(18)25-3;1-12-8-14-18(21-10-12)23(15-6-4-5-7-16(15)25-3)19-17(26-20(14)24)9-13(2)11-22-19;1-13-8-16-12-24-18-9-14(2)11-22-20(18)23(19(16)21-10-13)17-7-5-4-6-15(17)3;1-12-8-14-18(20-10-12)24(16-6-4-5-7-17(16)25-3)19-15(23-22-14)9-13(2)11-21-19/h4-5,7,10-14H,6,8-9H2,1-3H3;4-7,10-13H,8-9H2,1-3H3;4-13H,1-3H3;4-11H,1-3H3;4-11H,12H2,1-3H3;4-11H,1-3H3. The Morgan fingerprint density at radius 1 is 0.247 bits per heavy atom. The number of aryl methyl sites for hydroxylation is 18. The molecule has 0 radical (unpaired) electrons. The molecule has 150 heavy (non-hydrogen) atoms. The number of carbonyl (C=O) groups excluding carboxylic acids is 1. The van der Waals surface area contributed by atoms with Gasteiger partial charge in [0.1, 0.15) is 87.3 Å². The van der Waals surface area contributed by atoms with Crippen molar-refractivity contribution in [1.82, 2.24) is 59.8 Å². The highest BCUT2D eigenvalue weighted by molar-refractivity contribution is 6.02. The van der Waals surface area contributed by atoms with Gasteiger partial charge in [0, 0.05) is 91.1 Å². The smallest absolute Gasteiger partial charge is 0.347 e. The van der Waals surface area contributed by atoms with Crippen LogP contribution in [0.15, 0.2) is 303 Å². The van der Waals surface area contributed by atoms with Crippen molar-refractivity contribution in [3.8, 4) is 34.5 Å². The molecule has 0 spiro atoms. The number of hydrogen-bond donors (Lipinski definition) is 0. The van der Waals surface area contributed by atoms with E-state index in [1.165, 1.54) is 55.6 Å². The lowest BCUT2D eigenvalue weighted by molar-refractivity contribution is 0.0737. The SMILES string of the molecule is COc1ccccc1N1c2ncc(C)cc2C=Cc2cc(C)cnc21.COc1ccccc1N1c2ncc(C)cc2CCc2cc(C)cnc21.COc1ccccc1N1c2ncc(C)cc2N=Nc2cc(C)cnc21.COc1ccccc1N1c2ncc(C)cc2OC(=O)c2cc(C)cnc21.Cc1cnc2c(c1)CCCc1cc(C)cnc1N2c1ccccc1C.Cc1cnc2c(c1)COc1cc(C)cnc1N2c1ccccc1C. The molecule has 0 fully saturated rings. The van der Waals surface area contributed by atoms with Gasteiger partial charge in [0.15, 0.2) is 40.6 Å². The number of rotatable bonds is 10. The van der Waals surface area contributed by atoms with E-state index in [0.29, 0.717) is 58.3 Å². The van der Waals surface area contributed by atoms with Crippen molar-refractivity contribution in [3.05, 3.63) is 415 Å². The lowest BCUT2D eigenvalue weighted by Crippen LogP contribution is -2.20. The van der Waals surface area contributed by atoms with Crippen molar-refractivity contribution >= 4 is 133 Å². The summed E-state index contributed by atoms with van der Waals surface area (Å²) in [5, 5.41) is 8.80. The summed E-state index contributed by atoms with van der Waals surface area (Å²) in [6.45, 7) is 29.0. The summed E-state index contributed by atoms with van der Waals surface area (Å²) in [5.74, 6) is 13.2. The summed E-state index contributed by atoms with van der Waals surface area (Å²) in [6, 6.07) is 73.0. The number of para-hydroxylation sites is 10. The number of pyridine rings is 12. The molecule has 6 aromatic carbocycles. The van der Waals surface area contributed by atoms with Gasteiger partial charge in [-0.1, -0.05) is 121 Å². The Hall–Kier alpha value is -18.3. The molecule has 24 rings (SSSR count). The van der Waals surface area contributed by atoms with Crippen molar-refractivity contribution in [3.63, 3.8) is 0 Å². The van der Waals surface area contributed by atoms with Crippen molar-refractivity contribution in [1.29, 1.82) is 0 Å². The molecule has 27 nitrogen and oxygen atoms in total. The Bertz CT molecular complexity index is 7720. The Morgan fingerprint density at radius 3 is 0.893 bits per heavy atom. The van der Waals surface area contributed by atoms with Gasteiger partial charge >= 0.3 is 5.97 Å². The molecule has 0 amide bonds. The second-order valence-electron chi connectivity index (χ2n) is 37.9. The van der Waals surface area contributed by atoms with E-state index in [-0.39, 0.29) is 0 Å². The summed E-state index contributed by atoms with van der Waals surface area (Å²) < 4.78 is 34.0. The second-order valence-corrected chi connectivity index (χ2v) is 37.9. The van der Waals surface area contributed by atoms with E-state index in [4.69, 9.17) is 63.3 Å². The molecular formula is C123H116N20O7. The first-order valence-corrected chi connectivity index (χ1v) is 49.8. The normalized spacial score (nSPS) is 12.8. The molecule has 18 aromatic rings. The van der Waals surface area contributed by atoms with Gasteiger partial charge in [0.05, 0.1) is 62.6 Å². The van der Waals surface area contributed by atoms with Crippen LogP contribution in [-0.2, 0) is 32.3 Å². The van der Waals surface area contributed by atoms with Crippen molar-refractivity contribution in [2.45, 2.75) is 136 Å². The number of azo groups is 1. The zero-order chi connectivity index (χ0) is 104. The predicted molar refractivity (Wildman–Crippen MR) is 595 cm³/mol. The second kappa shape index (κ2) is 44.4. The van der Waals surface area contributed by atoms with Crippen molar-refractivity contribution in [2.75, 3.05) is 57.8 Å². The average molecular weight is 1990 g/mol. The maximum absolute atomic E-state index is 12.7. The maximum Gasteiger partial charge on any atom is 0.347 e. The van der Waals surface area contributed by atoms with Gasteiger partial charge in [-0.15, -0.1) is 10.2 Å². The summed E-state index contributed by atoms with van der Waals surface area (Å²) in [5.41, 5.74) is 31.1. The van der Waals surface area contributed by atoms with E-state index in [9.17, 15) is 4.79 Å². The van der Waals surface area contributed by atoms with Crippen LogP contribution in [0.3, 0.4) is 0 Å². The van der Waals surface area contributed by atoms with Gasteiger partial charge in [-0.3, -0.25) is 29.4 Å². The lowest BCUT2D eigenvalue weighted by Gasteiger charge is -2.30. The molecule has 0 saturated carbocycles. The van der Waals surface area contributed by atoms with E-state index in [1.54, 1.807) is 57.9 Å². The quantitative estimate of drug-likeness (QED) is 0.115. The van der Waals surface area contributed by atoms with Gasteiger partial charge in [-0.25, -0.2) is 64.6 Å². The van der Waals surface area contributed by atoms with Gasteiger partial charge in [0.25, 0.3) is 0 Å². The zero-order valence-corrected chi connectivity index (χ0v) is 87.4. The highest BCUT2D eigenvalue weighted by Gasteiger charge is 2.36. The highest BCUT2D eigenvalue weighted by atomic mass is 16.5. The van der Waals surface area contributed by atoms with E-state index in [1.807, 2.05) is 230 Å². The Balaban J connectivity index is 0.000000113. The number of ether oxygens (including phenoxy) is 6. The molecule has 0 aliphatic carbocycles. The third-order valence-electron chi connectivity index (χ3n) is 26.0. The molecule has 6 aliphatic heterocycles. The van der Waals surface area contributed by atoms with Crippen molar-refractivity contribution in [2.24, 2.45) is 10.2 Å². The molecule has 0 saturated heterocycles. The number of methoxy groups -OCH3 is 4. The van der Waals surface area contributed by atoms with Gasteiger partial charge < -0.3 is 28.4 Å². The molecule has 750 valence electrons. The van der Waals surface area contributed by atoms with Crippen LogP contribution in [0.25, 0.3) is 12.2 Å². The largest absolute Gasteiger partial charge is 0.495 e. The predicted octanol–water partition coefficient (Wildman–Crippen LogP) is 29.3. The number of aromatic nitrogens is 12. The third-order valence-corrected chi connectivity index (χ3v) is 26.0. The van der Waals surface area contributed by atoms with E-state index < -0.39 is 5.97 Å². The van der Waals surface area contributed by atoms with Gasteiger partial charge in [-0.05, 0) is 338 Å². The van der Waals surface area contributed by atoms with E-state index >= 15 is 0 Å². The average Bonchev–Trinajstić information content (AvgIpc) is 1.76. The fraction of sp³-hybridized carbons (Fsp3) is 0.195. The van der Waals surface area contributed by atoms with Crippen molar-refractivity contribution < 1.29 is 33.2 Å². The Kier molecular flexibility index (Phi) is 29.7. The minimum atomic E-state index is -0.456. The molecule has 18 heterocycles. The van der Waals surface area contributed by atoms with Crippen LogP contribution in [0.5, 0.6) is 34.5 Å². The molecule has 12 aromatic heterocycles. The molecule has 6 aliphatic rings. The van der Waals surface area contributed by atoms with E-state index in [0.717, 1.165) is 197 Å². The Morgan fingerprint density at radius 2 is 0.507 bits per heavy atom. The van der Waals surface area contributed by atoms with Crippen LogP contribution in [-0.4, -0.2) is 94.2 Å². The fourth-order valence-corrected chi connectivity index (χ4v) is 19.0. The molecule has 0 N–H and O–H groups in total. The minimum Gasteiger partial charge on any atom is -0.495 e. The summed E-state index contributed by atoms with van der Waals surface area (Å²) in [4.78, 5) is 81.2. The number of anilines is 18. The van der Waals surface area contributed by atoms with Gasteiger partial charge in [-0.2, -0.15) is 0 Å². The number of esters is 1. The van der Waals surface area contributed by atoms with Crippen LogP contribution in [0.4, 0.5) is 115 Å². The number of benzene rings is 6. The Labute approximate surface area is 874 Å². The number of hydrogen-bond acceptors (Lipinski definition) is 27. The van der Waals surface area contributed by atoms with Crippen LogP contribution in [0.1, 0.15) is 134 Å². The summed E-state index contributed by atoms with van der Waals surface area (Å²) in [6.07, 6.45) is 31.7. The van der Waals surface area contributed by atoms with E-state index in [2.05, 4.69) is 207 Å². The van der Waals surface area contributed by atoms with Crippen LogP contribution < -0.4 is 57.8 Å². The van der Waals surface area contributed by atoms with Crippen LogP contribution in [0, 0.1) is 96.9 Å². The number of carbonyl (C=O) groups is 1. The summed E-state index contributed by atoms with van der Waals surface area (Å²) in [7, 11) is 6.63. The minimum absolute atomic E-state index is 0.381. The zero-order valence-electron chi connectivity index (χ0n) is 87.4. The monoisotopic (exact) mass is 1980 g/mol. The molecular weight excluding hydrogens is 1870 g/mol. The number of nitrogens with zero attached hydrogens (tertiary/aromatic N) is 20. The molecule has 0 unspecified atom stereocenters. The van der Waals surface area contributed by atoms with Crippen LogP contribution in [0.2, 0.25) is 0 Å².